The van der Waals surface area contributed by atoms with Gasteiger partial charge in [0.2, 0.25) is 0 Å². The first-order valence-electron chi connectivity index (χ1n) is 6.43. The molecule has 0 unspecified atom stereocenters. The van der Waals surface area contributed by atoms with Crippen LogP contribution in [0.3, 0.4) is 0 Å². The Bertz CT molecular complexity index is 735. The maximum absolute atomic E-state index is 12.3. The molecule has 2 aromatic rings. The Balaban J connectivity index is 2.28. The summed E-state index contributed by atoms with van der Waals surface area (Å²) >= 11 is 5.90. The molecular weight excluding hydrogens is 308 g/mol. The summed E-state index contributed by atoms with van der Waals surface area (Å²) in [5.41, 5.74) is 1.64. The van der Waals surface area contributed by atoms with Crippen LogP contribution in [0.5, 0.6) is 0 Å². The monoisotopic (exact) mass is 324 g/mol. The second-order valence-electron chi connectivity index (χ2n) is 5.74. The van der Waals surface area contributed by atoms with E-state index >= 15 is 0 Å². The molecule has 0 atom stereocenters. The molecule has 0 aliphatic heterocycles. The molecule has 0 fully saturated rings. The molecule has 1 heterocycles. The molecule has 4 nitrogen and oxygen atoms in total. The SMILES string of the molecule is CC(C)(C)c1ccc(NS(=O)(=O)c2cnccc2Cl)cc1. The van der Waals surface area contributed by atoms with Crippen molar-refractivity contribution in [2.45, 2.75) is 31.1 Å². The van der Waals surface area contributed by atoms with E-state index in [0.29, 0.717) is 5.69 Å². The molecule has 0 spiro atoms. The molecule has 0 saturated carbocycles. The van der Waals surface area contributed by atoms with Gasteiger partial charge in [0.1, 0.15) is 4.90 Å². The van der Waals surface area contributed by atoms with Crippen LogP contribution in [0.2, 0.25) is 5.02 Å². The molecule has 1 aromatic carbocycles. The van der Waals surface area contributed by atoms with E-state index in [-0.39, 0.29) is 15.3 Å². The molecule has 1 N–H and O–H groups in total. The highest BCUT2D eigenvalue weighted by molar-refractivity contribution is 7.92. The number of sulfonamides is 1. The van der Waals surface area contributed by atoms with Crippen LogP contribution >= 0.6 is 11.6 Å². The Morgan fingerprint density at radius 3 is 2.24 bits per heavy atom. The van der Waals surface area contributed by atoms with Crippen molar-refractivity contribution in [2.24, 2.45) is 0 Å². The molecule has 0 bridgehead atoms. The number of nitrogens with one attached hydrogen (secondary N) is 1. The van der Waals surface area contributed by atoms with Gasteiger partial charge in [-0.1, -0.05) is 44.5 Å². The number of hydrogen-bond acceptors (Lipinski definition) is 3. The van der Waals surface area contributed by atoms with Gasteiger partial charge in [-0.25, -0.2) is 8.42 Å². The number of halogens is 1. The van der Waals surface area contributed by atoms with E-state index in [4.69, 9.17) is 11.6 Å². The van der Waals surface area contributed by atoms with Crippen molar-refractivity contribution in [3.05, 3.63) is 53.3 Å². The molecule has 0 aliphatic rings. The first-order chi connectivity index (χ1) is 9.70. The molecule has 0 aliphatic carbocycles. The average molecular weight is 325 g/mol. The van der Waals surface area contributed by atoms with Gasteiger partial charge in [0, 0.05) is 18.1 Å². The zero-order valence-corrected chi connectivity index (χ0v) is 13.7. The molecule has 6 heteroatoms. The zero-order chi connectivity index (χ0) is 15.7. The van der Waals surface area contributed by atoms with E-state index in [1.807, 2.05) is 12.1 Å². The zero-order valence-electron chi connectivity index (χ0n) is 12.1. The minimum atomic E-state index is -3.74. The Kier molecular flexibility index (Phi) is 4.25. The van der Waals surface area contributed by atoms with Crippen LogP contribution in [0.1, 0.15) is 26.3 Å². The van der Waals surface area contributed by atoms with Crippen LogP contribution in [0.25, 0.3) is 0 Å². The van der Waals surface area contributed by atoms with E-state index < -0.39 is 10.0 Å². The Labute approximate surface area is 130 Å². The van der Waals surface area contributed by atoms with E-state index in [0.717, 1.165) is 5.56 Å². The second kappa shape index (κ2) is 5.66. The Morgan fingerprint density at radius 1 is 1.10 bits per heavy atom. The predicted molar refractivity (Wildman–Crippen MR) is 85.2 cm³/mol. The van der Waals surface area contributed by atoms with Gasteiger partial charge < -0.3 is 0 Å². The number of benzene rings is 1. The van der Waals surface area contributed by atoms with Crippen molar-refractivity contribution in [2.75, 3.05) is 4.72 Å². The molecule has 21 heavy (non-hydrogen) atoms. The van der Waals surface area contributed by atoms with Gasteiger partial charge in [-0.05, 0) is 29.2 Å². The van der Waals surface area contributed by atoms with Gasteiger partial charge in [-0.15, -0.1) is 0 Å². The first-order valence-corrected chi connectivity index (χ1v) is 8.29. The largest absolute Gasteiger partial charge is 0.280 e. The summed E-state index contributed by atoms with van der Waals surface area (Å²) in [6.45, 7) is 6.30. The standard InChI is InChI=1S/C15H17ClN2O2S/c1-15(2,3)11-4-6-12(7-5-11)18-21(19,20)14-10-17-9-8-13(14)16/h4-10,18H,1-3H3. The number of rotatable bonds is 3. The molecular formula is C15H17ClN2O2S. The predicted octanol–water partition coefficient (Wildman–Crippen LogP) is 3.83. The normalized spacial score (nSPS) is 12.2. The van der Waals surface area contributed by atoms with E-state index in [9.17, 15) is 8.42 Å². The second-order valence-corrected chi connectivity index (χ2v) is 7.80. The van der Waals surface area contributed by atoms with Crippen LogP contribution in [0.15, 0.2) is 47.6 Å². The lowest BCUT2D eigenvalue weighted by Gasteiger charge is -2.19. The molecule has 2 rings (SSSR count). The van der Waals surface area contributed by atoms with E-state index in [1.54, 1.807) is 12.1 Å². The van der Waals surface area contributed by atoms with Gasteiger partial charge in [0.15, 0.2) is 0 Å². The van der Waals surface area contributed by atoms with Gasteiger partial charge in [0.25, 0.3) is 10.0 Å². The summed E-state index contributed by atoms with van der Waals surface area (Å²) in [4.78, 5) is 3.76. The Hall–Kier alpha value is -1.59. The maximum Gasteiger partial charge on any atom is 0.264 e. The van der Waals surface area contributed by atoms with Crippen molar-refractivity contribution in [1.29, 1.82) is 0 Å². The smallest absolute Gasteiger partial charge is 0.264 e. The number of anilines is 1. The highest BCUT2D eigenvalue weighted by Gasteiger charge is 2.19. The highest BCUT2D eigenvalue weighted by Crippen LogP contribution is 2.26. The van der Waals surface area contributed by atoms with Crippen molar-refractivity contribution in [3.8, 4) is 0 Å². The summed E-state index contributed by atoms with van der Waals surface area (Å²) in [6.07, 6.45) is 2.67. The Morgan fingerprint density at radius 2 is 1.71 bits per heavy atom. The van der Waals surface area contributed by atoms with Crippen molar-refractivity contribution in [3.63, 3.8) is 0 Å². The fraction of sp³-hybridized carbons (Fsp3) is 0.267. The summed E-state index contributed by atoms with van der Waals surface area (Å²) in [7, 11) is -3.74. The molecule has 0 saturated heterocycles. The number of pyridine rings is 1. The summed E-state index contributed by atoms with van der Waals surface area (Å²) in [6, 6.07) is 8.73. The summed E-state index contributed by atoms with van der Waals surface area (Å²) in [5.74, 6) is 0. The van der Waals surface area contributed by atoms with Crippen molar-refractivity contribution in [1.82, 2.24) is 4.98 Å². The summed E-state index contributed by atoms with van der Waals surface area (Å²) in [5, 5.41) is 0.142. The molecule has 0 amide bonds. The third-order valence-electron chi connectivity index (χ3n) is 3.03. The number of aromatic nitrogens is 1. The average Bonchev–Trinajstić information content (AvgIpc) is 2.38. The topological polar surface area (TPSA) is 59.1 Å². The lowest BCUT2D eigenvalue weighted by atomic mass is 9.87. The van der Waals surface area contributed by atoms with Gasteiger partial charge >= 0.3 is 0 Å². The van der Waals surface area contributed by atoms with Crippen molar-refractivity contribution < 1.29 is 8.42 Å². The van der Waals surface area contributed by atoms with Gasteiger partial charge in [-0.2, -0.15) is 0 Å². The third kappa shape index (κ3) is 3.74. The minimum absolute atomic E-state index is 0.0179. The van der Waals surface area contributed by atoms with Gasteiger partial charge in [-0.3, -0.25) is 9.71 Å². The van der Waals surface area contributed by atoms with Crippen molar-refractivity contribution >= 4 is 27.3 Å². The quantitative estimate of drug-likeness (QED) is 0.933. The van der Waals surface area contributed by atoms with Crippen LogP contribution in [0.4, 0.5) is 5.69 Å². The fourth-order valence-corrected chi connectivity index (χ4v) is 3.30. The number of hydrogen-bond donors (Lipinski definition) is 1. The van der Waals surface area contributed by atoms with Crippen LogP contribution < -0.4 is 4.72 Å². The lowest BCUT2D eigenvalue weighted by molar-refractivity contribution is 0.590. The highest BCUT2D eigenvalue weighted by atomic mass is 35.5. The van der Waals surface area contributed by atoms with Crippen LogP contribution in [-0.4, -0.2) is 13.4 Å². The third-order valence-corrected chi connectivity index (χ3v) is 4.88. The molecule has 112 valence electrons. The maximum atomic E-state index is 12.3. The van der Waals surface area contributed by atoms with E-state index in [2.05, 4.69) is 30.5 Å². The molecule has 0 radical (unpaired) electrons. The fourth-order valence-electron chi connectivity index (χ4n) is 1.81. The lowest BCUT2D eigenvalue weighted by Crippen LogP contribution is -2.14. The number of nitrogens with zero attached hydrogens (tertiary/aromatic N) is 1. The van der Waals surface area contributed by atoms with Gasteiger partial charge in [0.05, 0.1) is 5.02 Å². The molecule has 1 aromatic heterocycles. The van der Waals surface area contributed by atoms with Crippen LogP contribution in [-0.2, 0) is 15.4 Å². The van der Waals surface area contributed by atoms with Crippen LogP contribution in [0, 0.1) is 0 Å². The van der Waals surface area contributed by atoms with E-state index in [1.165, 1.54) is 18.5 Å². The first kappa shape index (κ1) is 15.8. The minimum Gasteiger partial charge on any atom is -0.280 e. The summed E-state index contributed by atoms with van der Waals surface area (Å²) < 4.78 is 27.0.